The van der Waals surface area contributed by atoms with E-state index in [-0.39, 0.29) is 5.56 Å². The fourth-order valence-electron chi connectivity index (χ4n) is 1.35. The van der Waals surface area contributed by atoms with Crippen molar-refractivity contribution in [2.75, 3.05) is 0 Å². The Labute approximate surface area is 124 Å². The normalized spacial score (nSPS) is 10.2. The van der Waals surface area contributed by atoms with E-state index in [1.807, 2.05) is 0 Å². The second-order valence-corrected chi connectivity index (χ2v) is 6.10. The number of thiophene rings is 1. The molecule has 0 saturated carbocycles. The Balaban J connectivity index is 2.00. The van der Waals surface area contributed by atoms with Crippen molar-refractivity contribution in [2.45, 2.75) is 0 Å². The van der Waals surface area contributed by atoms with Gasteiger partial charge in [0, 0.05) is 6.07 Å². The van der Waals surface area contributed by atoms with Crippen LogP contribution in [-0.4, -0.2) is 11.8 Å². The fourth-order valence-corrected chi connectivity index (χ4v) is 2.63. The van der Waals surface area contributed by atoms with Crippen molar-refractivity contribution >= 4 is 39.1 Å². The Hall–Kier alpha value is -1.80. The molecule has 2 amide bonds. The van der Waals surface area contributed by atoms with Crippen LogP contribution in [0.2, 0.25) is 0 Å². The van der Waals surface area contributed by atoms with E-state index < -0.39 is 23.4 Å². The van der Waals surface area contributed by atoms with Crippen LogP contribution in [0.15, 0.2) is 34.1 Å². The molecular weight excluding hydrogens is 354 g/mol. The van der Waals surface area contributed by atoms with Gasteiger partial charge in [0.2, 0.25) is 0 Å². The van der Waals surface area contributed by atoms with E-state index in [9.17, 15) is 18.4 Å². The molecule has 0 aliphatic carbocycles. The summed E-state index contributed by atoms with van der Waals surface area (Å²) >= 11 is 4.38. The van der Waals surface area contributed by atoms with Gasteiger partial charge in [-0.05, 0) is 40.2 Å². The molecule has 0 radical (unpaired) electrons. The molecule has 8 heteroatoms. The summed E-state index contributed by atoms with van der Waals surface area (Å²) in [5.41, 5.74) is 3.84. The zero-order valence-corrected chi connectivity index (χ0v) is 12.1. The van der Waals surface area contributed by atoms with Gasteiger partial charge in [0.15, 0.2) is 0 Å². The highest BCUT2D eigenvalue weighted by molar-refractivity contribution is 9.11. The second kappa shape index (κ2) is 6.10. The number of hydrogen-bond acceptors (Lipinski definition) is 3. The van der Waals surface area contributed by atoms with Crippen LogP contribution in [0.1, 0.15) is 20.0 Å². The number of carbonyl (C=O) groups excluding carboxylic acids is 2. The Morgan fingerprint density at radius 1 is 1.05 bits per heavy atom. The van der Waals surface area contributed by atoms with Gasteiger partial charge >= 0.3 is 0 Å². The van der Waals surface area contributed by atoms with Crippen molar-refractivity contribution in [2.24, 2.45) is 0 Å². The van der Waals surface area contributed by atoms with Crippen LogP contribution in [0.5, 0.6) is 0 Å². The third kappa shape index (κ3) is 3.40. The van der Waals surface area contributed by atoms with Gasteiger partial charge in [-0.25, -0.2) is 8.78 Å². The average molecular weight is 361 g/mol. The van der Waals surface area contributed by atoms with Crippen LogP contribution in [0.4, 0.5) is 8.78 Å². The van der Waals surface area contributed by atoms with E-state index >= 15 is 0 Å². The average Bonchev–Trinajstić information content (AvgIpc) is 2.82. The molecule has 20 heavy (non-hydrogen) atoms. The molecule has 0 aliphatic rings. The SMILES string of the molecule is O=C(NNC(=O)c1ccc(F)cc1F)c1ccc(Br)s1. The largest absolute Gasteiger partial charge is 0.279 e. The highest BCUT2D eigenvalue weighted by Crippen LogP contribution is 2.21. The first-order valence-corrected chi connectivity index (χ1v) is 6.89. The van der Waals surface area contributed by atoms with Crippen LogP contribution in [0, 0.1) is 11.6 Å². The Morgan fingerprint density at radius 2 is 1.75 bits per heavy atom. The molecule has 0 atom stereocenters. The molecular formula is C12H7BrF2N2O2S. The number of carbonyl (C=O) groups is 2. The summed E-state index contributed by atoms with van der Waals surface area (Å²) in [6.07, 6.45) is 0. The van der Waals surface area contributed by atoms with Crippen molar-refractivity contribution in [3.8, 4) is 0 Å². The molecule has 0 aliphatic heterocycles. The maximum absolute atomic E-state index is 13.3. The predicted octanol–water partition coefficient (Wildman–Crippen LogP) is 2.86. The Morgan fingerprint density at radius 3 is 2.35 bits per heavy atom. The molecule has 4 nitrogen and oxygen atoms in total. The molecule has 2 rings (SSSR count). The number of halogens is 3. The maximum atomic E-state index is 13.3. The van der Waals surface area contributed by atoms with Gasteiger partial charge in [-0.3, -0.25) is 20.4 Å². The zero-order chi connectivity index (χ0) is 14.7. The highest BCUT2D eigenvalue weighted by atomic mass is 79.9. The Bertz CT molecular complexity index is 675. The lowest BCUT2D eigenvalue weighted by Gasteiger charge is -2.07. The van der Waals surface area contributed by atoms with E-state index in [1.54, 1.807) is 12.1 Å². The molecule has 0 fully saturated rings. The van der Waals surface area contributed by atoms with Crippen LogP contribution in [0.3, 0.4) is 0 Å². The van der Waals surface area contributed by atoms with E-state index in [2.05, 4.69) is 26.8 Å². The summed E-state index contributed by atoms with van der Waals surface area (Å²) in [5.74, 6) is -3.19. The third-order valence-electron chi connectivity index (χ3n) is 2.26. The summed E-state index contributed by atoms with van der Waals surface area (Å²) in [7, 11) is 0. The molecule has 0 unspecified atom stereocenters. The van der Waals surface area contributed by atoms with Crippen LogP contribution in [0.25, 0.3) is 0 Å². The number of hydrogen-bond donors (Lipinski definition) is 2. The zero-order valence-electron chi connectivity index (χ0n) is 9.75. The number of benzene rings is 1. The summed E-state index contributed by atoms with van der Waals surface area (Å²) in [6, 6.07) is 5.78. The number of nitrogens with one attached hydrogen (secondary N) is 2. The van der Waals surface area contributed by atoms with E-state index in [4.69, 9.17) is 0 Å². The number of amides is 2. The van der Waals surface area contributed by atoms with Gasteiger partial charge < -0.3 is 0 Å². The minimum Gasteiger partial charge on any atom is -0.267 e. The monoisotopic (exact) mass is 360 g/mol. The summed E-state index contributed by atoms with van der Waals surface area (Å²) in [4.78, 5) is 23.6. The highest BCUT2D eigenvalue weighted by Gasteiger charge is 2.14. The summed E-state index contributed by atoms with van der Waals surface area (Å²) in [5, 5.41) is 0. The van der Waals surface area contributed by atoms with Gasteiger partial charge in [0.1, 0.15) is 11.6 Å². The minimum absolute atomic E-state index is 0.362. The van der Waals surface area contributed by atoms with Crippen molar-refractivity contribution in [1.82, 2.24) is 10.9 Å². The van der Waals surface area contributed by atoms with E-state index in [0.29, 0.717) is 10.9 Å². The maximum Gasteiger partial charge on any atom is 0.279 e. The van der Waals surface area contributed by atoms with E-state index in [0.717, 1.165) is 15.9 Å². The molecule has 2 aromatic rings. The number of hydrazine groups is 1. The lowest BCUT2D eigenvalue weighted by atomic mass is 10.2. The molecule has 2 N–H and O–H groups in total. The fraction of sp³-hybridized carbons (Fsp3) is 0. The predicted molar refractivity (Wildman–Crippen MR) is 73.3 cm³/mol. The van der Waals surface area contributed by atoms with Crippen molar-refractivity contribution in [3.05, 3.63) is 56.2 Å². The Kier molecular flexibility index (Phi) is 4.46. The molecule has 0 bridgehead atoms. The van der Waals surface area contributed by atoms with E-state index in [1.165, 1.54) is 11.3 Å². The third-order valence-corrected chi connectivity index (χ3v) is 3.88. The van der Waals surface area contributed by atoms with Gasteiger partial charge in [0.25, 0.3) is 11.8 Å². The van der Waals surface area contributed by atoms with Crippen molar-refractivity contribution in [3.63, 3.8) is 0 Å². The standard InChI is InChI=1S/C12H7BrF2N2O2S/c13-10-4-3-9(20-10)12(19)17-16-11(18)7-2-1-6(14)5-8(7)15/h1-5H,(H,16,18)(H,17,19). The van der Waals surface area contributed by atoms with Crippen molar-refractivity contribution < 1.29 is 18.4 Å². The first-order chi connectivity index (χ1) is 9.47. The molecule has 0 saturated heterocycles. The topological polar surface area (TPSA) is 58.2 Å². The molecule has 1 aromatic heterocycles. The molecule has 104 valence electrons. The lowest BCUT2D eigenvalue weighted by Crippen LogP contribution is -2.41. The summed E-state index contributed by atoms with van der Waals surface area (Å²) in [6.45, 7) is 0. The van der Waals surface area contributed by atoms with Crippen LogP contribution >= 0.6 is 27.3 Å². The van der Waals surface area contributed by atoms with Crippen LogP contribution in [-0.2, 0) is 0 Å². The van der Waals surface area contributed by atoms with Crippen molar-refractivity contribution in [1.29, 1.82) is 0 Å². The summed E-state index contributed by atoms with van der Waals surface area (Å²) < 4.78 is 26.8. The quantitative estimate of drug-likeness (QED) is 0.809. The van der Waals surface area contributed by atoms with Gasteiger partial charge in [0.05, 0.1) is 14.2 Å². The van der Waals surface area contributed by atoms with Gasteiger partial charge in [-0.1, -0.05) is 0 Å². The van der Waals surface area contributed by atoms with Gasteiger partial charge in [-0.2, -0.15) is 0 Å². The second-order valence-electron chi connectivity index (χ2n) is 3.64. The smallest absolute Gasteiger partial charge is 0.267 e. The van der Waals surface area contributed by atoms with Gasteiger partial charge in [-0.15, -0.1) is 11.3 Å². The first kappa shape index (κ1) is 14.6. The number of rotatable bonds is 2. The molecule has 1 aromatic carbocycles. The molecule has 0 spiro atoms. The first-order valence-electron chi connectivity index (χ1n) is 5.28. The van der Waals surface area contributed by atoms with Crippen LogP contribution < -0.4 is 10.9 Å². The minimum atomic E-state index is -1.00. The lowest BCUT2D eigenvalue weighted by molar-refractivity contribution is 0.0846. The molecule has 1 heterocycles.